The molecule has 0 saturated heterocycles. The van der Waals surface area contributed by atoms with Crippen LogP contribution in [0.2, 0.25) is 0 Å². The van der Waals surface area contributed by atoms with Crippen LogP contribution in [0, 0.1) is 16.7 Å². The van der Waals surface area contributed by atoms with Gasteiger partial charge in [-0.15, -0.1) is 0 Å². The lowest BCUT2D eigenvalue weighted by Gasteiger charge is -2.39. The lowest BCUT2D eigenvalue weighted by atomic mass is 9.70. The molecule has 0 N–H and O–H groups in total. The van der Waals surface area contributed by atoms with E-state index in [1.165, 1.54) is 38.5 Å². The molecule has 2 bridgehead atoms. The monoisotopic (exact) mass is 431 g/mol. The third-order valence-corrected chi connectivity index (χ3v) is 8.08. The number of nitrogens with zero attached hydrogens (tertiary/aromatic N) is 1. The maximum atomic E-state index is 12.3. The van der Waals surface area contributed by atoms with E-state index in [2.05, 4.69) is 41.8 Å². The van der Waals surface area contributed by atoms with Gasteiger partial charge in [-0.25, -0.2) is 4.79 Å². The molecule has 2 fully saturated rings. The van der Waals surface area contributed by atoms with Crippen molar-refractivity contribution in [3.63, 3.8) is 0 Å². The third-order valence-electron chi connectivity index (χ3n) is 8.08. The van der Waals surface area contributed by atoms with Gasteiger partial charge in [0.25, 0.3) is 0 Å². The van der Waals surface area contributed by atoms with Gasteiger partial charge >= 0.3 is 5.97 Å². The molecule has 0 aliphatic heterocycles. The molecule has 5 heteroatoms. The van der Waals surface area contributed by atoms with E-state index in [-0.39, 0.29) is 24.5 Å². The second-order valence-electron chi connectivity index (χ2n) is 10.9. The Bertz CT molecular complexity index is 522. The summed E-state index contributed by atoms with van der Waals surface area (Å²) >= 11 is 0. The topological polar surface area (TPSA) is 35.5 Å². The lowest BCUT2D eigenvalue weighted by Crippen LogP contribution is -3.00. The molecule has 2 aliphatic rings. The summed E-state index contributed by atoms with van der Waals surface area (Å²) in [6.07, 6.45) is 10.1. The Morgan fingerprint density at radius 3 is 2.41 bits per heavy atom. The SMILES string of the molecule is CCCCCCC(C)OC(=O)C[N+](C)(C)CCOC1CC2CCC1(C)C2(C)C.[Cl-]. The highest BCUT2D eigenvalue weighted by Gasteiger charge is 2.61. The number of fused-ring (bicyclic) bond motifs is 2. The van der Waals surface area contributed by atoms with Crippen molar-refractivity contribution in [1.82, 2.24) is 0 Å². The van der Waals surface area contributed by atoms with Crippen LogP contribution in [0.3, 0.4) is 0 Å². The first-order valence-electron chi connectivity index (χ1n) is 11.6. The van der Waals surface area contributed by atoms with Crippen LogP contribution < -0.4 is 12.4 Å². The molecule has 29 heavy (non-hydrogen) atoms. The maximum absolute atomic E-state index is 12.3. The van der Waals surface area contributed by atoms with Crippen molar-refractivity contribution < 1.29 is 31.2 Å². The lowest BCUT2D eigenvalue weighted by molar-refractivity contribution is -0.883. The van der Waals surface area contributed by atoms with Gasteiger partial charge in [-0.2, -0.15) is 0 Å². The van der Waals surface area contributed by atoms with E-state index in [0.717, 1.165) is 31.9 Å². The third kappa shape index (κ3) is 6.58. The summed E-state index contributed by atoms with van der Waals surface area (Å²) < 4.78 is 12.6. The highest BCUT2D eigenvalue weighted by molar-refractivity contribution is 5.70. The van der Waals surface area contributed by atoms with Crippen molar-refractivity contribution in [3.8, 4) is 0 Å². The second-order valence-corrected chi connectivity index (χ2v) is 10.9. The molecular formula is C24H46ClNO3. The van der Waals surface area contributed by atoms with E-state index < -0.39 is 0 Å². The van der Waals surface area contributed by atoms with Crippen LogP contribution in [-0.2, 0) is 14.3 Å². The number of unbranched alkanes of at least 4 members (excludes halogenated alkanes) is 3. The van der Waals surface area contributed by atoms with E-state index in [4.69, 9.17) is 9.47 Å². The van der Waals surface area contributed by atoms with Gasteiger partial charge < -0.3 is 26.4 Å². The molecular weight excluding hydrogens is 386 g/mol. The van der Waals surface area contributed by atoms with E-state index in [9.17, 15) is 4.79 Å². The zero-order valence-corrected chi connectivity index (χ0v) is 20.8. The number of hydrogen-bond donors (Lipinski definition) is 0. The van der Waals surface area contributed by atoms with Gasteiger partial charge in [-0.3, -0.25) is 0 Å². The van der Waals surface area contributed by atoms with Crippen molar-refractivity contribution in [1.29, 1.82) is 0 Å². The molecule has 0 amide bonds. The highest BCUT2D eigenvalue weighted by atomic mass is 35.5. The molecule has 172 valence electrons. The van der Waals surface area contributed by atoms with Crippen LogP contribution in [0.1, 0.15) is 86.0 Å². The van der Waals surface area contributed by atoms with E-state index in [1.54, 1.807) is 0 Å². The molecule has 2 aliphatic carbocycles. The molecule has 0 heterocycles. The van der Waals surface area contributed by atoms with Crippen LogP contribution in [0.25, 0.3) is 0 Å². The average molecular weight is 432 g/mol. The number of esters is 1. The number of carbonyl (C=O) groups is 1. The standard InChI is InChI=1S/C24H46NO3.ClH/c1-8-9-10-11-12-19(2)28-22(26)18-25(6,7)15-16-27-21-17-20-13-14-24(21,5)23(20,3)4;/h19-21H,8-18H2,1-7H3;1H/q+1;/p-1. The van der Waals surface area contributed by atoms with E-state index >= 15 is 0 Å². The van der Waals surface area contributed by atoms with Crippen LogP contribution in [-0.4, -0.2) is 56.5 Å². The first-order valence-corrected chi connectivity index (χ1v) is 11.6. The van der Waals surface area contributed by atoms with Gasteiger partial charge in [0.2, 0.25) is 0 Å². The fourth-order valence-corrected chi connectivity index (χ4v) is 5.43. The summed E-state index contributed by atoms with van der Waals surface area (Å²) in [6.45, 7) is 13.5. The van der Waals surface area contributed by atoms with Gasteiger partial charge in [0.05, 0.1) is 32.9 Å². The highest BCUT2D eigenvalue weighted by Crippen LogP contribution is 2.66. The van der Waals surface area contributed by atoms with Crippen molar-refractivity contribution >= 4 is 5.97 Å². The Balaban J connectivity index is 0.00000420. The number of quaternary nitrogens is 1. The number of halogens is 1. The van der Waals surface area contributed by atoms with E-state index in [0.29, 0.717) is 28.0 Å². The second kappa shape index (κ2) is 10.8. The van der Waals surface area contributed by atoms with Gasteiger partial charge in [-0.1, -0.05) is 47.0 Å². The fourth-order valence-electron chi connectivity index (χ4n) is 5.43. The van der Waals surface area contributed by atoms with Gasteiger partial charge in [0, 0.05) is 0 Å². The first-order chi connectivity index (χ1) is 13.0. The predicted octanol–water partition coefficient (Wildman–Crippen LogP) is 2.20. The summed E-state index contributed by atoms with van der Waals surface area (Å²) in [5.74, 6) is 0.722. The van der Waals surface area contributed by atoms with Crippen molar-refractivity contribution in [2.45, 2.75) is 98.2 Å². The van der Waals surface area contributed by atoms with Crippen LogP contribution in [0.4, 0.5) is 0 Å². The molecule has 0 aromatic rings. The van der Waals surface area contributed by atoms with E-state index in [1.807, 2.05) is 6.92 Å². The number of likely N-dealkylation sites (N-methyl/N-ethyl adjacent to an activating group) is 1. The Hall–Kier alpha value is -0.320. The van der Waals surface area contributed by atoms with Crippen LogP contribution >= 0.6 is 0 Å². The summed E-state index contributed by atoms with van der Waals surface area (Å²) in [6, 6.07) is 0. The number of carbonyl (C=O) groups excluding carboxylic acids is 1. The summed E-state index contributed by atoms with van der Waals surface area (Å²) in [7, 11) is 4.20. The molecule has 4 unspecified atom stereocenters. The molecule has 4 nitrogen and oxygen atoms in total. The zero-order valence-electron chi connectivity index (χ0n) is 20.1. The Kier molecular flexibility index (Phi) is 9.96. The van der Waals surface area contributed by atoms with Crippen LogP contribution in [0.5, 0.6) is 0 Å². The number of ether oxygens (including phenoxy) is 2. The normalized spacial score (nSPS) is 28.8. The quantitative estimate of drug-likeness (QED) is 0.270. The van der Waals surface area contributed by atoms with Crippen molar-refractivity contribution in [2.75, 3.05) is 33.8 Å². The van der Waals surface area contributed by atoms with Crippen molar-refractivity contribution in [3.05, 3.63) is 0 Å². The molecule has 0 aromatic heterocycles. The van der Waals surface area contributed by atoms with Crippen molar-refractivity contribution in [2.24, 2.45) is 16.7 Å². The Labute approximate surface area is 186 Å². The number of rotatable bonds is 12. The van der Waals surface area contributed by atoms with Crippen LogP contribution in [0.15, 0.2) is 0 Å². The predicted molar refractivity (Wildman–Crippen MR) is 115 cm³/mol. The molecule has 0 spiro atoms. The zero-order chi connectivity index (χ0) is 21.0. The summed E-state index contributed by atoms with van der Waals surface area (Å²) in [5.41, 5.74) is 0.695. The van der Waals surface area contributed by atoms with Gasteiger partial charge in [-0.05, 0) is 55.8 Å². The minimum absolute atomic E-state index is 0. The molecule has 0 aromatic carbocycles. The average Bonchev–Trinajstić information content (AvgIpc) is 2.91. The Morgan fingerprint density at radius 2 is 1.86 bits per heavy atom. The molecule has 2 rings (SSSR count). The largest absolute Gasteiger partial charge is 1.00 e. The first kappa shape index (κ1) is 26.7. The Morgan fingerprint density at radius 1 is 1.17 bits per heavy atom. The minimum atomic E-state index is -0.0824. The fraction of sp³-hybridized carbons (Fsp3) is 0.958. The molecule has 2 saturated carbocycles. The summed E-state index contributed by atoms with van der Waals surface area (Å²) in [4.78, 5) is 12.3. The van der Waals surface area contributed by atoms with Gasteiger partial charge in [0.1, 0.15) is 6.54 Å². The number of hydrogen-bond acceptors (Lipinski definition) is 3. The summed E-state index contributed by atoms with van der Waals surface area (Å²) in [5, 5.41) is 0. The van der Waals surface area contributed by atoms with Gasteiger partial charge in [0.15, 0.2) is 6.54 Å². The molecule has 4 atom stereocenters. The minimum Gasteiger partial charge on any atom is -1.00 e. The smallest absolute Gasteiger partial charge is 0.362 e. The molecule has 0 radical (unpaired) electrons. The maximum Gasteiger partial charge on any atom is 0.362 e.